The van der Waals surface area contributed by atoms with Crippen molar-refractivity contribution in [2.24, 2.45) is 0 Å². The van der Waals surface area contributed by atoms with Crippen molar-refractivity contribution in [1.29, 1.82) is 0 Å². The zero-order chi connectivity index (χ0) is 18.6. The van der Waals surface area contributed by atoms with Crippen molar-refractivity contribution >= 4 is 26.6 Å². The molecule has 1 amide bonds. The molecule has 1 aromatic heterocycles. The Morgan fingerprint density at radius 2 is 1.89 bits per heavy atom. The SMILES string of the molecule is O=C(N[C@H]1CS(=O)(=O)c2ccccc21)c1ccc2[nH]c3c(c2c1)CCCC3. The van der Waals surface area contributed by atoms with Crippen molar-refractivity contribution in [3.8, 4) is 0 Å². The first kappa shape index (κ1) is 16.6. The van der Waals surface area contributed by atoms with Gasteiger partial charge in [0.05, 0.1) is 16.7 Å². The number of nitrogens with one attached hydrogen (secondary N) is 2. The molecule has 1 aliphatic carbocycles. The molecule has 27 heavy (non-hydrogen) atoms. The van der Waals surface area contributed by atoms with E-state index in [9.17, 15) is 13.2 Å². The van der Waals surface area contributed by atoms with Crippen LogP contribution in [0.1, 0.15) is 46.1 Å². The lowest BCUT2D eigenvalue weighted by Crippen LogP contribution is -2.29. The lowest BCUT2D eigenvalue weighted by atomic mass is 9.95. The Bertz CT molecular complexity index is 1180. The van der Waals surface area contributed by atoms with E-state index in [1.54, 1.807) is 30.3 Å². The molecule has 6 heteroatoms. The second-order valence-electron chi connectivity index (χ2n) is 7.39. The maximum atomic E-state index is 12.8. The monoisotopic (exact) mass is 380 g/mol. The highest BCUT2D eigenvalue weighted by Crippen LogP contribution is 2.34. The molecule has 1 atom stereocenters. The minimum absolute atomic E-state index is 0.0834. The summed E-state index contributed by atoms with van der Waals surface area (Å²) in [5.74, 6) is -0.320. The van der Waals surface area contributed by atoms with Crippen molar-refractivity contribution in [3.05, 3.63) is 64.8 Å². The number of carbonyl (C=O) groups excluding carboxylic acids is 1. The van der Waals surface area contributed by atoms with E-state index < -0.39 is 15.9 Å². The average Bonchev–Trinajstić information content (AvgIpc) is 3.16. The third-order valence-corrected chi connectivity index (χ3v) is 7.50. The van der Waals surface area contributed by atoms with Gasteiger partial charge in [0.25, 0.3) is 5.91 Å². The van der Waals surface area contributed by atoms with Crippen LogP contribution in [0.5, 0.6) is 0 Å². The van der Waals surface area contributed by atoms with Crippen LogP contribution in [0.4, 0.5) is 0 Å². The number of aromatic amines is 1. The molecular formula is C21H20N2O3S. The molecule has 0 saturated heterocycles. The van der Waals surface area contributed by atoms with Crippen LogP contribution < -0.4 is 5.32 Å². The van der Waals surface area contributed by atoms with E-state index in [-0.39, 0.29) is 11.7 Å². The van der Waals surface area contributed by atoms with Gasteiger partial charge >= 0.3 is 0 Å². The van der Waals surface area contributed by atoms with Crippen molar-refractivity contribution < 1.29 is 13.2 Å². The summed E-state index contributed by atoms with van der Waals surface area (Å²) in [6.07, 6.45) is 4.47. The van der Waals surface area contributed by atoms with Crippen molar-refractivity contribution in [3.63, 3.8) is 0 Å². The first-order valence-electron chi connectivity index (χ1n) is 9.29. The van der Waals surface area contributed by atoms with Crippen LogP contribution >= 0.6 is 0 Å². The van der Waals surface area contributed by atoms with E-state index >= 15 is 0 Å². The summed E-state index contributed by atoms with van der Waals surface area (Å²) in [6.45, 7) is 0. The molecule has 5 nitrogen and oxygen atoms in total. The number of fused-ring (bicyclic) bond motifs is 4. The third-order valence-electron chi connectivity index (χ3n) is 5.68. The summed E-state index contributed by atoms with van der Waals surface area (Å²) in [5, 5.41) is 4.02. The zero-order valence-electron chi connectivity index (χ0n) is 14.8. The fourth-order valence-corrected chi connectivity index (χ4v) is 6.10. The number of amides is 1. The van der Waals surface area contributed by atoms with E-state index in [1.807, 2.05) is 12.1 Å². The molecule has 138 valence electrons. The molecule has 3 aromatic rings. The molecule has 0 radical (unpaired) electrons. The normalized spacial score (nSPS) is 20.2. The van der Waals surface area contributed by atoms with Crippen LogP contribution in [0.2, 0.25) is 0 Å². The van der Waals surface area contributed by atoms with Crippen molar-refractivity contribution in [2.75, 3.05) is 5.75 Å². The number of H-pyrrole nitrogens is 1. The Kier molecular flexibility index (Phi) is 3.65. The van der Waals surface area contributed by atoms with Crippen LogP contribution in [-0.2, 0) is 22.7 Å². The van der Waals surface area contributed by atoms with Gasteiger partial charge in [0.2, 0.25) is 0 Å². The number of rotatable bonds is 2. The highest BCUT2D eigenvalue weighted by molar-refractivity contribution is 7.91. The Balaban J connectivity index is 1.47. The predicted octanol–water partition coefficient (Wildman–Crippen LogP) is 3.31. The molecule has 0 saturated carbocycles. The lowest BCUT2D eigenvalue weighted by molar-refractivity contribution is 0.0941. The maximum Gasteiger partial charge on any atom is 0.251 e. The van der Waals surface area contributed by atoms with Gasteiger partial charge in [0.15, 0.2) is 9.84 Å². The summed E-state index contributed by atoms with van der Waals surface area (Å²) in [7, 11) is -3.34. The summed E-state index contributed by atoms with van der Waals surface area (Å²) in [5.41, 5.74) is 4.90. The topological polar surface area (TPSA) is 79.0 Å². The van der Waals surface area contributed by atoms with Crippen molar-refractivity contribution in [1.82, 2.24) is 10.3 Å². The first-order valence-corrected chi connectivity index (χ1v) is 10.9. The first-order chi connectivity index (χ1) is 13.0. The molecule has 0 fully saturated rings. The molecule has 0 bridgehead atoms. The van der Waals surface area contributed by atoms with E-state index in [1.165, 1.54) is 24.1 Å². The zero-order valence-corrected chi connectivity index (χ0v) is 15.6. The second kappa shape index (κ2) is 5.96. The molecule has 0 unspecified atom stereocenters. The molecule has 1 aliphatic heterocycles. The van der Waals surface area contributed by atoms with Gasteiger partial charge in [0, 0.05) is 22.2 Å². The molecule has 2 aliphatic rings. The number of sulfone groups is 1. The number of hydrogen-bond acceptors (Lipinski definition) is 3. The molecule has 2 aromatic carbocycles. The summed E-state index contributed by atoms with van der Waals surface area (Å²) >= 11 is 0. The van der Waals surface area contributed by atoms with E-state index in [4.69, 9.17) is 0 Å². The van der Waals surface area contributed by atoms with Gasteiger partial charge in [-0.2, -0.15) is 0 Å². The average molecular weight is 380 g/mol. The van der Waals surface area contributed by atoms with Gasteiger partial charge in [-0.25, -0.2) is 8.42 Å². The Morgan fingerprint density at radius 3 is 2.78 bits per heavy atom. The van der Waals surface area contributed by atoms with Crippen LogP contribution in [0, 0.1) is 0 Å². The second-order valence-corrected chi connectivity index (χ2v) is 9.40. The quantitative estimate of drug-likeness (QED) is 0.716. The molecule has 0 spiro atoms. The molecule has 5 rings (SSSR count). The highest BCUT2D eigenvalue weighted by Gasteiger charge is 2.35. The third kappa shape index (κ3) is 2.67. The van der Waals surface area contributed by atoms with Gasteiger partial charge in [-0.05, 0) is 61.1 Å². The van der Waals surface area contributed by atoms with E-state index in [2.05, 4.69) is 10.3 Å². The predicted molar refractivity (Wildman–Crippen MR) is 104 cm³/mol. The van der Waals surface area contributed by atoms with Crippen LogP contribution in [-0.4, -0.2) is 25.1 Å². The van der Waals surface area contributed by atoms with Gasteiger partial charge in [-0.1, -0.05) is 18.2 Å². The van der Waals surface area contributed by atoms with Gasteiger partial charge in [0.1, 0.15) is 0 Å². The van der Waals surface area contributed by atoms with Crippen LogP contribution in [0.3, 0.4) is 0 Å². The smallest absolute Gasteiger partial charge is 0.251 e. The maximum absolute atomic E-state index is 12.8. The van der Waals surface area contributed by atoms with E-state index in [0.717, 1.165) is 23.7 Å². The Labute approximate surface area is 157 Å². The fourth-order valence-electron chi connectivity index (χ4n) is 4.36. The number of aryl methyl sites for hydroxylation is 2. The molecule has 2 heterocycles. The molecule has 2 N–H and O–H groups in total. The van der Waals surface area contributed by atoms with Gasteiger partial charge < -0.3 is 10.3 Å². The summed E-state index contributed by atoms with van der Waals surface area (Å²) < 4.78 is 24.7. The largest absolute Gasteiger partial charge is 0.358 e. The fraction of sp³-hybridized carbons (Fsp3) is 0.286. The Hall–Kier alpha value is -2.60. The minimum Gasteiger partial charge on any atom is -0.358 e. The molecular weight excluding hydrogens is 360 g/mol. The Morgan fingerprint density at radius 1 is 1.07 bits per heavy atom. The number of benzene rings is 2. The lowest BCUT2D eigenvalue weighted by Gasteiger charge is -2.13. The minimum atomic E-state index is -3.34. The number of aromatic nitrogens is 1. The standard InChI is InChI=1S/C21H20N2O3S/c24-21(23-19-12-27(25,26)20-8-4-2-6-15(19)20)13-9-10-18-16(11-13)14-5-1-3-7-17(14)22-18/h2,4,6,8-11,19,22H,1,3,5,7,12H2,(H,23,24)/t19-/m0/s1. The van der Waals surface area contributed by atoms with Gasteiger partial charge in [-0.15, -0.1) is 0 Å². The van der Waals surface area contributed by atoms with Crippen LogP contribution in [0.15, 0.2) is 47.4 Å². The van der Waals surface area contributed by atoms with Crippen LogP contribution in [0.25, 0.3) is 10.9 Å². The number of hydrogen-bond donors (Lipinski definition) is 2. The van der Waals surface area contributed by atoms with E-state index in [0.29, 0.717) is 16.0 Å². The van der Waals surface area contributed by atoms with Gasteiger partial charge in [-0.3, -0.25) is 4.79 Å². The summed E-state index contributed by atoms with van der Waals surface area (Å²) in [6, 6.07) is 12.1. The highest BCUT2D eigenvalue weighted by atomic mass is 32.2. The number of carbonyl (C=O) groups is 1. The summed E-state index contributed by atoms with van der Waals surface area (Å²) in [4.78, 5) is 16.6. The van der Waals surface area contributed by atoms with Crippen molar-refractivity contribution in [2.45, 2.75) is 36.6 Å².